The van der Waals surface area contributed by atoms with Gasteiger partial charge in [-0.15, -0.1) is 0 Å². The molecule has 24 heavy (non-hydrogen) atoms. The van der Waals surface area contributed by atoms with Gasteiger partial charge >= 0.3 is 5.97 Å². The van der Waals surface area contributed by atoms with Gasteiger partial charge < -0.3 is 4.74 Å². The summed E-state index contributed by atoms with van der Waals surface area (Å²) >= 11 is 0. The van der Waals surface area contributed by atoms with E-state index in [4.69, 9.17) is 4.74 Å². The Morgan fingerprint density at radius 3 is 2.38 bits per heavy atom. The van der Waals surface area contributed by atoms with Crippen molar-refractivity contribution in [2.24, 2.45) is 0 Å². The van der Waals surface area contributed by atoms with Gasteiger partial charge in [0.05, 0.1) is 17.3 Å². The maximum atomic E-state index is 12.3. The highest BCUT2D eigenvalue weighted by Gasteiger charge is 2.15. The number of nitrogens with zero attached hydrogens (tertiary/aromatic N) is 3. The van der Waals surface area contributed by atoms with E-state index in [1.165, 1.54) is 0 Å². The van der Waals surface area contributed by atoms with Crippen LogP contribution in [0.5, 0.6) is 5.75 Å². The van der Waals surface area contributed by atoms with E-state index in [0.717, 1.165) is 10.9 Å². The Morgan fingerprint density at radius 2 is 1.58 bits per heavy atom. The molecular weight excluding hydrogens is 302 g/mol. The van der Waals surface area contributed by atoms with Crippen LogP contribution in [-0.2, 0) is 0 Å². The van der Waals surface area contributed by atoms with Crippen LogP contribution < -0.4 is 4.74 Å². The van der Waals surface area contributed by atoms with Crippen molar-refractivity contribution in [2.45, 2.75) is 0 Å². The standard InChI is InChI=1S/C19H13N3O2/c23-18(14-7-2-1-3-8-14)24-17-13-22(19-20-11-6-12-21-19)16-10-5-4-9-15(16)17/h1-13H. The molecule has 5 heteroatoms. The zero-order valence-corrected chi connectivity index (χ0v) is 12.7. The second-order valence-corrected chi connectivity index (χ2v) is 5.18. The average Bonchev–Trinajstić information content (AvgIpc) is 3.02. The SMILES string of the molecule is O=C(Oc1cn(-c2ncccn2)c2ccccc12)c1ccccc1. The molecule has 0 atom stereocenters. The molecule has 116 valence electrons. The highest BCUT2D eigenvalue weighted by Crippen LogP contribution is 2.30. The van der Waals surface area contributed by atoms with E-state index in [1.807, 2.05) is 34.9 Å². The fourth-order valence-corrected chi connectivity index (χ4v) is 2.54. The quantitative estimate of drug-likeness (QED) is 0.542. The Labute approximate surface area is 138 Å². The van der Waals surface area contributed by atoms with Gasteiger partial charge in [-0.05, 0) is 30.3 Å². The molecule has 0 radical (unpaired) electrons. The Morgan fingerprint density at radius 1 is 0.875 bits per heavy atom. The lowest BCUT2D eigenvalue weighted by atomic mass is 10.2. The fourth-order valence-electron chi connectivity index (χ4n) is 2.54. The highest BCUT2D eigenvalue weighted by atomic mass is 16.5. The summed E-state index contributed by atoms with van der Waals surface area (Å²) < 4.78 is 7.41. The van der Waals surface area contributed by atoms with Crippen molar-refractivity contribution in [2.75, 3.05) is 0 Å². The van der Waals surface area contributed by atoms with E-state index in [9.17, 15) is 4.79 Å². The lowest BCUT2D eigenvalue weighted by Gasteiger charge is -2.02. The summed E-state index contributed by atoms with van der Waals surface area (Å²) in [6.45, 7) is 0. The van der Waals surface area contributed by atoms with E-state index in [2.05, 4.69) is 9.97 Å². The Bertz CT molecular complexity index is 995. The number of para-hydroxylation sites is 1. The number of fused-ring (bicyclic) bond motifs is 1. The summed E-state index contributed by atoms with van der Waals surface area (Å²) in [4.78, 5) is 20.9. The van der Waals surface area contributed by atoms with Crippen LogP contribution in [-0.4, -0.2) is 20.5 Å². The average molecular weight is 315 g/mol. The van der Waals surface area contributed by atoms with Crippen molar-refractivity contribution in [3.8, 4) is 11.7 Å². The molecule has 0 fully saturated rings. The number of hydrogen-bond acceptors (Lipinski definition) is 4. The number of rotatable bonds is 3. The summed E-state index contributed by atoms with van der Waals surface area (Å²) in [5.74, 6) is 0.607. The molecule has 4 rings (SSSR count). The molecule has 0 bridgehead atoms. The third-order valence-electron chi connectivity index (χ3n) is 3.66. The molecule has 0 saturated carbocycles. The molecule has 5 nitrogen and oxygen atoms in total. The van der Waals surface area contributed by atoms with E-state index < -0.39 is 5.97 Å². The third kappa shape index (κ3) is 2.52. The van der Waals surface area contributed by atoms with Crippen LogP contribution in [0.2, 0.25) is 0 Å². The predicted molar refractivity (Wildman–Crippen MR) is 90.3 cm³/mol. The summed E-state index contributed by atoms with van der Waals surface area (Å²) in [5, 5.41) is 0.828. The molecule has 2 heterocycles. The number of carbonyl (C=O) groups is 1. The zero-order valence-electron chi connectivity index (χ0n) is 12.7. The number of ether oxygens (including phenoxy) is 1. The lowest BCUT2D eigenvalue weighted by molar-refractivity contribution is 0.0737. The first-order valence-electron chi connectivity index (χ1n) is 7.47. The molecule has 0 aliphatic rings. The van der Waals surface area contributed by atoms with Gasteiger partial charge in [0.25, 0.3) is 0 Å². The van der Waals surface area contributed by atoms with E-state index >= 15 is 0 Å². The first-order chi connectivity index (χ1) is 11.8. The van der Waals surface area contributed by atoms with Crippen LogP contribution in [0.15, 0.2) is 79.3 Å². The van der Waals surface area contributed by atoms with Crippen LogP contribution in [0.3, 0.4) is 0 Å². The molecule has 0 aliphatic carbocycles. The van der Waals surface area contributed by atoms with Crippen molar-refractivity contribution < 1.29 is 9.53 Å². The topological polar surface area (TPSA) is 57.0 Å². The maximum absolute atomic E-state index is 12.3. The molecular formula is C19H13N3O2. The van der Waals surface area contributed by atoms with Crippen molar-refractivity contribution in [3.05, 3.63) is 84.8 Å². The first kappa shape index (κ1) is 14.1. The molecule has 2 aromatic heterocycles. The van der Waals surface area contributed by atoms with Crippen LogP contribution in [0.25, 0.3) is 16.9 Å². The molecule has 2 aromatic carbocycles. The van der Waals surface area contributed by atoms with Crippen LogP contribution in [0.4, 0.5) is 0 Å². The normalized spacial score (nSPS) is 10.7. The van der Waals surface area contributed by atoms with Gasteiger partial charge in [0, 0.05) is 17.8 Å². The maximum Gasteiger partial charge on any atom is 0.343 e. The smallest absolute Gasteiger partial charge is 0.343 e. The second-order valence-electron chi connectivity index (χ2n) is 5.18. The number of hydrogen-bond donors (Lipinski definition) is 0. The molecule has 0 spiro atoms. The molecule has 0 aliphatic heterocycles. The summed E-state index contributed by atoms with van der Waals surface area (Å²) in [7, 11) is 0. The minimum Gasteiger partial charge on any atom is -0.421 e. The van der Waals surface area contributed by atoms with E-state index in [1.54, 1.807) is 48.9 Å². The molecule has 0 saturated heterocycles. The number of esters is 1. The highest BCUT2D eigenvalue weighted by molar-refractivity contribution is 5.95. The number of benzene rings is 2. The largest absolute Gasteiger partial charge is 0.421 e. The minimum atomic E-state index is -0.396. The summed E-state index contributed by atoms with van der Waals surface area (Å²) in [6.07, 6.45) is 5.08. The predicted octanol–water partition coefficient (Wildman–Crippen LogP) is 3.64. The summed E-state index contributed by atoms with van der Waals surface area (Å²) in [5.41, 5.74) is 1.38. The van der Waals surface area contributed by atoms with Gasteiger partial charge in [-0.2, -0.15) is 0 Å². The van der Waals surface area contributed by atoms with Gasteiger partial charge in [0.2, 0.25) is 5.95 Å². The third-order valence-corrected chi connectivity index (χ3v) is 3.66. The van der Waals surface area contributed by atoms with Crippen molar-refractivity contribution in [3.63, 3.8) is 0 Å². The van der Waals surface area contributed by atoms with Crippen molar-refractivity contribution in [1.29, 1.82) is 0 Å². The van der Waals surface area contributed by atoms with Crippen LogP contribution >= 0.6 is 0 Å². The lowest BCUT2D eigenvalue weighted by Crippen LogP contribution is -2.07. The van der Waals surface area contributed by atoms with Gasteiger partial charge in [-0.1, -0.05) is 30.3 Å². The summed E-state index contributed by atoms with van der Waals surface area (Å²) in [6, 6.07) is 18.3. The Hall–Kier alpha value is -3.47. The molecule has 0 unspecified atom stereocenters. The number of carbonyl (C=O) groups excluding carboxylic acids is 1. The molecule has 4 aromatic rings. The van der Waals surface area contributed by atoms with Gasteiger partial charge in [-0.25, -0.2) is 14.8 Å². The monoisotopic (exact) mass is 315 g/mol. The first-order valence-corrected chi connectivity index (χ1v) is 7.47. The fraction of sp³-hybridized carbons (Fsp3) is 0. The van der Waals surface area contributed by atoms with Gasteiger partial charge in [-0.3, -0.25) is 4.57 Å². The van der Waals surface area contributed by atoms with Crippen LogP contribution in [0.1, 0.15) is 10.4 Å². The van der Waals surface area contributed by atoms with Crippen LogP contribution in [0, 0.1) is 0 Å². The molecule has 0 N–H and O–H groups in total. The van der Waals surface area contributed by atoms with E-state index in [-0.39, 0.29) is 0 Å². The minimum absolute atomic E-state index is 0.396. The Kier molecular flexibility index (Phi) is 3.51. The van der Waals surface area contributed by atoms with Crippen molar-refractivity contribution in [1.82, 2.24) is 14.5 Å². The van der Waals surface area contributed by atoms with Crippen molar-refractivity contribution >= 4 is 16.9 Å². The molecule has 0 amide bonds. The Balaban J connectivity index is 1.78. The van der Waals surface area contributed by atoms with E-state index in [0.29, 0.717) is 17.3 Å². The second kappa shape index (κ2) is 5.96. The van der Waals surface area contributed by atoms with Gasteiger partial charge in [0.15, 0.2) is 5.75 Å². The number of aromatic nitrogens is 3. The zero-order chi connectivity index (χ0) is 16.4. The van der Waals surface area contributed by atoms with Gasteiger partial charge in [0.1, 0.15) is 0 Å².